The normalized spacial score (nSPS) is 11.3. The Bertz CT molecular complexity index is 428. The Kier molecular flexibility index (Phi) is 3.65. The van der Waals surface area contributed by atoms with Gasteiger partial charge in [-0.2, -0.15) is 0 Å². The molecule has 0 saturated heterocycles. The second kappa shape index (κ2) is 4.47. The van der Waals surface area contributed by atoms with Crippen LogP contribution in [0.3, 0.4) is 0 Å². The number of carbonyl (C=O) groups is 1. The Hall–Kier alpha value is -1.00. The molecule has 88 valence electrons. The second-order valence-electron chi connectivity index (χ2n) is 4.19. The van der Waals surface area contributed by atoms with Gasteiger partial charge in [0, 0.05) is 0 Å². The Morgan fingerprint density at radius 1 is 1.44 bits per heavy atom. The summed E-state index contributed by atoms with van der Waals surface area (Å²) < 4.78 is 5.12. The molecule has 1 aromatic rings. The van der Waals surface area contributed by atoms with Gasteiger partial charge in [0.1, 0.15) is 10.8 Å². The standard InChI is InChI=1S/C10H12Cl2N2O2/c1-10(2,3)16-9(15)8-7(13)5(11)4-6(12)14-8/h4H,13H2,1-3H3. The van der Waals surface area contributed by atoms with E-state index < -0.39 is 11.6 Å². The lowest BCUT2D eigenvalue weighted by molar-refractivity contribution is 0.00642. The number of esters is 1. The van der Waals surface area contributed by atoms with Crippen molar-refractivity contribution in [1.29, 1.82) is 0 Å². The summed E-state index contributed by atoms with van der Waals surface area (Å²) in [7, 11) is 0. The van der Waals surface area contributed by atoms with E-state index in [1.54, 1.807) is 20.8 Å². The molecule has 0 unspecified atom stereocenters. The predicted octanol–water partition coefficient (Wildman–Crippen LogP) is 2.93. The van der Waals surface area contributed by atoms with E-state index in [4.69, 9.17) is 33.7 Å². The number of nitrogens with zero attached hydrogens (tertiary/aromatic N) is 1. The molecule has 0 fully saturated rings. The first-order chi connectivity index (χ1) is 7.20. The number of nitrogens with two attached hydrogens (primary N) is 1. The quantitative estimate of drug-likeness (QED) is 0.625. The van der Waals surface area contributed by atoms with Gasteiger partial charge in [-0.15, -0.1) is 0 Å². The van der Waals surface area contributed by atoms with Gasteiger partial charge in [0.2, 0.25) is 0 Å². The number of pyridine rings is 1. The minimum Gasteiger partial charge on any atom is -0.455 e. The lowest BCUT2D eigenvalue weighted by atomic mass is 10.2. The van der Waals surface area contributed by atoms with Gasteiger partial charge in [-0.25, -0.2) is 9.78 Å². The number of nitrogen functional groups attached to an aromatic ring is 1. The highest BCUT2D eigenvalue weighted by Gasteiger charge is 2.22. The molecule has 2 N–H and O–H groups in total. The van der Waals surface area contributed by atoms with Crippen molar-refractivity contribution >= 4 is 34.9 Å². The van der Waals surface area contributed by atoms with Gasteiger partial charge in [0.15, 0.2) is 5.69 Å². The second-order valence-corrected chi connectivity index (χ2v) is 4.99. The SMILES string of the molecule is CC(C)(C)OC(=O)c1nc(Cl)cc(Cl)c1N. The van der Waals surface area contributed by atoms with Gasteiger partial charge in [-0.3, -0.25) is 0 Å². The molecule has 0 aromatic carbocycles. The summed E-state index contributed by atoms with van der Waals surface area (Å²) in [5.41, 5.74) is 5.00. The summed E-state index contributed by atoms with van der Waals surface area (Å²) in [6.45, 7) is 5.23. The number of carbonyl (C=O) groups excluding carboxylic acids is 1. The molecule has 1 rings (SSSR count). The van der Waals surface area contributed by atoms with Crippen LogP contribution in [0.5, 0.6) is 0 Å². The molecule has 0 saturated carbocycles. The van der Waals surface area contributed by atoms with Crippen LogP contribution in [0.25, 0.3) is 0 Å². The maximum atomic E-state index is 11.7. The largest absolute Gasteiger partial charge is 0.455 e. The molecule has 0 aliphatic heterocycles. The summed E-state index contributed by atoms with van der Waals surface area (Å²) in [4.78, 5) is 15.5. The van der Waals surface area contributed by atoms with Crippen molar-refractivity contribution in [2.24, 2.45) is 0 Å². The summed E-state index contributed by atoms with van der Waals surface area (Å²) in [6.07, 6.45) is 0. The van der Waals surface area contributed by atoms with E-state index in [1.165, 1.54) is 6.07 Å². The van der Waals surface area contributed by atoms with E-state index in [0.717, 1.165) is 0 Å². The van der Waals surface area contributed by atoms with Crippen molar-refractivity contribution in [3.8, 4) is 0 Å². The summed E-state index contributed by atoms with van der Waals surface area (Å²) in [5.74, 6) is -0.644. The van der Waals surface area contributed by atoms with Crippen LogP contribution in [-0.2, 0) is 4.74 Å². The predicted molar refractivity (Wildman–Crippen MR) is 63.8 cm³/mol. The molecular weight excluding hydrogens is 251 g/mol. The monoisotopic (exact) mass is 262 g/mol. The minimum atomic E-state index is -0.644. The molecule has 0 amide bonds. The van der Waals surface area contributed by atoms with Crippen LogP contribution in [0.2, 0.25) is 10.2 Å². The fourth-order valence-corrected chi connectivity index (χ4v) is 1.42. The maximum Gasteiger partial charge on any atom is 0.359 e. The number of hydrogen-bond acceptors (Lipinski definition) is 4. The highest BCUT2D eigenvalue weighted by molar-refractivity contribution is 6.36. The number of anilines is 1. The lowest BCUT2D eigenvalue weighted by Gasteiger charge is -2.19. The zero-order valence-corrected chi connectivity index (χ0v) is 10.7. The zero-order chi connectivity index (χ0) is 12.5. The number of rotatable bonds is 1. The van der Waals surface area contributed by atoms with E-state index in [0.29, 0.717) is 0 Å². The van der Waals surface area contributed by atoms with Gasteiger partial charge >= 0.3 is 5.97 Å². The topological polar surface area (TPSA) is 65.2 Å². The molecule has 1 aromatic heterocycles. The van der Waals surface area contributed by atoms with E-state index in [2.05, 4.69) is 4.98 Å². The van der Waals surface area contributed by atoms with Crippen molar-refractivity contribution in [3.63, 3.8) is 0 Å². The Balaban J connectivity index is 3.09. The van der Waals surface area contributed by atoms with Crippen LogP contribution in [0, 0.1) is 0 Å². The molecule has 0 atom stereocenters. The number of ether oxygens (including phenoxy) is 1. The van der Waals surface area contributed by atoms with E-state index in [-0.39, 0.29) is 21.6 Å². The summed E-state index contributed by atoms with van der Waals surface area (Å²) in [5, 5.41) is 0.279. The van der Waals surface area contributed by atoms with Crippen LogP contribution in [0.4, 0.5) is 5.69 Å². The van der Waals surface area contributed by atoms with Gasteiger partial charge in [0.25, 0.3) is 0 Å². The molecule has 0 aliphatic rings. The Morgan fingerprint density at radius 3 is 2.50 bits per heavy atom. The highest BCUT2D eigenvalue weighted by Crippen LogP contribution is 2.26. The number of halogens is 2. The Morgan fingerprint density at radius 2 is 2.00 bits per heavy atom. The van der Waals surface area contributed by atoms with Crippen molar-refractivity contribution in [2.45, 2.75) is 26.4 Å². The molecule has 0 spiro atoms. The van der Waals surface area contributed by atoms with Gasteiger partial charge in [-0.05, 0) is 26.8 Å². The van der Waals surface area contributed by atoms with E-state index in [9.17, 15) is 4.79 Å². The molecule has 6 heteroatoms. The fraction of sp³-hybridized carbons (Fsp3) is 0.400. The fourth-order valence-electron chi connectivity index (χ4n) is 0.977. The minimum absolute atomic E-state index is 0.0626. The first-order valence-corrected chi connectivity index (χ1v) is 5.31. The summed E-state index contributed by atoms with van der Waals surface area (Å²) in [6, 6.07) is 1.37. The number of aromatic nitrogens is 1. The third kappa shape index (κ3) is 3.25. The van der Waals surface area contributed by atoms with Gasteiger partial charge in [-0.1, -0.05) is 23.2 Å². The molecule has 4 nitrogen and oxygen atoms in total. The molecule has 0 radical (unpaired) electrons. The third-order valence-electron chi connectivity index (χ3n) is 1.57. The average Bonchev–Trinajstić information content (AvgIpc) is 2.08. The molecular formula is C10H12Cl2N2O2. The molecule has 16 heavy (non-hydrogen) atoms. The first kappa shape index (κ1) is 13.1. The van der Waals surface area contributed by atoms with Crippen LogP contribution in [0.1, 0.15) is 31.3 Å². The third-order valence-corrected chi connectivity index (χ3v) is 2.08. The van der Waals surface area contributed by atoms with Crippen LogP contribution in [-0.4, -0.2) is 16.6 Å². The van der Waals surface area contributed by atoms with Crippen LogP contribution < -0.4 is 5.73 Å². The average molecular weight is 263 g/mol. The van der Waals surface area contributed by atoms with Crippen LogP contribution in [0.15, 0.2) is 6.07 Å². The van der Waals surface area contributed by atoms with Gasteiger partial charge < -0.3 is 10.5 Å². The van der Waals surface area contributed by atoms with E-state index in [1.807, 2.05) is 0 Å². The first-order valence-electron chi connectivity index (χ1n) is 4.55. The van der Waals surface area contributed by atoms with Gasteiger partial charge in [0.05, 0.1) is 10.7 Å². The molecule has 0 bridgehead atoms. The molecule has 1 heterocycles. The van der Waals surface area contributed by atoms with E-state index >= 15 is 0 Å². The van der Waals surface area contributed by atoms with Crippen LogP contribution >= 0.6 is 23.2 Å². The molecule has 0 aliphatic carbocycles. The lowest BCUT2D eigenvalue weighted by Crippen LogP contribution is -2.25. The maximum absolute atomic E-state index is 11.7. The zero-order valence-electron chi connectivity index (χ0n) is 9.17. The van der Waals surface area contributed by atoms with Crippen molar-refractivity contribution in [3.05, 3.63) is 21.9 Å². The van der Waals surface area contributed by atoms with Crippen molar-refractivity contribution < 1.29 is 9.53 Å². The van der Waals surface area contributed by atoms with Crippen molar-refractivity contribution in [1.82, 2.24) is 4.98 Å². The number of hydrogen-bond donors (Lipinski definition) is 1. The highest BCUT2D eigenvalue weighted by atomic mass is 35.5. The van der Waals surface area contributed by atoms with Crippen molar-refractivity contribution in [2.75, 3.05) is 5.73 Å². The Labute approximate surface area is 104 Å². The smallest absolute Gasteiger partial charge is 0.359 e. The summed E-state index contributed by atoms with van der Waals surface area (Å²) >= 11 is 11.5.